The average Bonchev–Trinajstić information content (AvgIpc) is 2.47. The van der Waals surface area contributed by atoms with Crippen molar-refractivity contribution < 1.29 is 13.2 Å². The van der Waals surface area contributed by atoms with Gasteiger partial charge in [0.15, 0.2) is 0 Å². The molecule has 6 nitrogen and oxygen atoms in total. The van der Waals surface area contributed by atoms with Crippen LogP contribution in [0.15, 0.2) is 29.2 Å². The minimum absolute atomic E-state index is 0.0833. The van der Waals surface area contributed by atoms with E-state index < -0.39 is 10.0 Å². The van der Waals surface area contributed by atoms with Gasteiger partial charge >= 0.3 is 6.03 Å². The topological polar surface area (TPSA) is 78.5 Å². The number of aryl methyl sites for hydroxylation is 1. The molecular formula is C16H25N3O3S. The highest BCUT2D eigenvalue weighted by molar-refractivity contribution is 7.89. The van der Waals surface area contributed by atoms with Crippen LogP contribution in [0.1, 0.15) is 32.3 Å². The van der Waals surface area contributed by atoms with Gasteiger partial charge < -0.3 is 10.2 Å². The maximum Gasteiger partial charge on any atom is 0.317 e. The zero-order valence-electron chi connectivity index (χ0n) is 13.9. The molecular weight excluding hydrogens is 314 g/mol. The number of nitrogens with one attached hydrogen (secondary N) is 2. The summed E-state index contributed by atoms with van der Waals surface area (Å²) in [5.41, 5.74) is 0.910. The van der Waals surface area contributed by atoms with Gasteiger partial charge in [-0.3, -0.25) is 0 Å². The van der Waals surface area contributed by atoms with E-state index in [0.29, 0.717) is 25.9 Å². The van der Waals surface area contributed by atoms with Crippen LogP contribution in [0.3, 0.4) is 0 Å². The lowest BCUT2D eigenvalue weighted by atomic mass is 10.1. The van der Waals surface area contributed by atoms with E-state index in [2.05, 4.69) is 10.0 Å². The largest absolute Gasteiger partial charge is 0.336 e. The van der Waals surface area contributed by atoms with Crippen molar-refractivity contribution >= 4 is 16.1 Å². The van der Waals surface area contributed by atoms with E-state index in [0.717, 1.165) is 5.56 Å². The number of carbonyl (C=O) groups excluding carboxylic acids is 1. The Bertz CT molecular complexity index is 650. The minimum atomic E-state index is -3.51. The molecule has 0 unspecified atom stereocenters. The molecule has 0 atom stereocenters. The summed E-state index contributed by atoms with van der Waals surface area (Å²) >= 11 is 0. The lowest BCUT2D eigenvalue weighted by Gasteiger charge is -2.32. The average molecular weight is 339 g/mol. The van der Waals surface area contributed by atoms with Crippen LogP contribution in [0, 0.1) is 6.92 Å². The number of hydrogen-bond donors (Lipinski definition) is 2. The Morgan fingerprint density at radius 2 is 1.91 bits per heavy atom. The van der Waals surface area contributed by atoms with Gasteiger partial charge in [0.25, 0.3) is 0 Å². The zero-order valence-corrected chi connectivity index (χ0v) is 14.7. The molecule has 0 bridgehead atoms. The van der Waals surface area contributed by atoms with Gasteiger partial charge in [0.2, 0.25) is 10.0 Å². The van der Waals surface area contributed by atoms with Gasteiger partial charge in [-0.25, -0.2) is 17.9 Å². The van der Waals surface area contributed by atoms with Gasteiger partial charge in [-0.05, 0) is 51.3 Å². The molecule has 0 radical (unpaired) electrons. The molecule has 2 amide bonds. The van der Waals surface area contributed by atoms with Crippen molar-refractivity contribution in [1.29, 1.82) is 0 Å². The zero-order chi connectivity index (χ0) is 17.0. The fourth-order valence-corrected chi connectivity index (χ4v) is 4.02. The lowest BCUT2D eigenvalue weighted by Crippen LogP contribution is -2.50. The van der Waals surface area contributed by atoms with Crippen molar-refractivity contribution in [3.8, 4) is 0 Å². The standard InChI is InChI=1S/C16H25N3O3S/c1-12(2)17-16(20)19-9-7-14(8-10-19)18-23(21,22)15-6-4-5-13(3)11-15/h4-6,11-12,14,18H,7-10H2,1-3H3,(H,17,20). The first kappa shape index (κ1) is 17.7. The number of hydrogen-bond acceptors (Lipinski definition) is 3. The predicted molar refractivity (Wildman–Crippen MR) is 89.8 cm³/mol. The highest BCUT2D eigenvalue weighted by Crippen LogP contribution is 2.16. The summed E-state index contributed by atoms with van der Waals surface area (Å²) in [6.45, 7) is 6.81. The van der Waals surface area contributed by atoms with Crippen LogP contribution in [0.4, 0.5) is 4.79 Å². The molecule has 1 heterocycles. The summed E-state index contributed by atoms with van der Waals surface area (Å²) in [4.78, 5) is 14.0. The van der Waals surface area contributed by atoms with Gasteiger partial charge in [0.1, 0.15) is 0 Å². The molecule has 128 valence electrons. The van der Waals surface area contributed by atoms with Crippen LogP contribution < -0.4 is 10.0 Å². The number of rotatable bonds is 4. The van der Waals surface area contributed by atoms with E-state index in [9.17, 15) is 13.2 Å². The molecule has 0 saturated carbocycles. The maximum atomic E-state index is 12.4. The monoisotopic (exact) mass is 339 g/mol. The second-order valence-corrected chi connectivity index (χ2v) is 8.02. The van der Waals surface area contributed by atoms with E-state index in [1.807, 2.05) is 26.8 Å². The highest BCUT2D eigenvalue weighted by Gasteiger charge is 2.26. The van der Waals surface area contributed by atoms with Crippen molar-refractivity contribution in [2.24, 2.45) is 0 Å². The van der Waals surface area contributed by atoms with Crippen LogP contribution in [0.5, 0.6) is 0 Å². The molecule has 2 rings (SSSR count). The Hall–Kier alpha value is -1.60. The Labute approximate surface area is 138 Å². The van der Waals surface area contributed by atoms with Gasteiger partial charge in [-0.15, -0.1) is 0 Å². The Morgan fingerprint density at radius 1 is 1.26 bits per heavy atom. The second kappa shape index (κ2) is 7.31. The number of sulfonamides is 1. The molecule has 2 N–H and O–H groups in total. The Balaban J connectivity index is 1.92. The van der Waals surface area contributed by atoms with Crippen LogP contribution in [0.2, 0.25) is 0 Å². The summed E-state index contributed by atoms with van der Waals surface area (Å²) in [5, 5.41) is 2.86. The first-order valence-electron chi connectivity index (χ1n) is 7.92. The summed E-state index contributed by atoms with van der Waals surface area (Å²) in [7, 11) is -3.51. The second-order valence-electron chi connectivity index (χ2n) is 6.30. The fraction of sp³-hybridized carbons (Fsp3) is 0.562. The van der Waals surface area contributed by atoms with E-state index in [1.54, 1.807) is 23.1 Å². The lowest BCUT2D eigenvalue weighted by molar-refractivity contribution is 0.177. The van der Waals surface area contributed by atoms with Gasteiger partial charge in [0.05, 0.1) is 4.90 Å². The molecule has 0 aliphatic carbocycles. The molecule has 1 aliphatic rings. The molecule has 0 spiro atoms. The van der Waals surface area contributed by atoms with Crippen molar-refractivity contribution in [2.75, 3.05) is 13.1 Å². The number of carbonyl (C=O) groups is 1. The van der Waals surface area contributed by atoms with Crippen LogP contribution in [-0.2, 0) is 10.0 Å². The summed E-state index contributed by atoms with van der Waals surface area (Å²) in [6, 6.07) is 6.74. The van der Waals surface area contributed by atoms with E-state index in [1.165, 1.54) is 0 Å². The van der Waals surface area contributed by atoms with Gasteiger partial charge in [-0.1, -0.05) is 12.1 Å². The third kappa shape index (κ3) is 4.94. The number of urea groups is 1. The smallest absolute Gasteiger partial charge is 0.317 e. The van der Waals surface area contributed by atoms with Crippen LogP contribution in [-0.4, -0.2) is 44.5 Å². The van der Waals surface area contributed by atoms with Gasteiger partial charge in [-0.2, -0.15) is 0 Å². The molecule has 1 aliphatic heterocycles. The summed E-state index contributed by atoms with van der Waals surface area (Å²) in [6.07, 6.45) is 1.24. The SMILES string of the molecule is Cc1cccc(S(=O)(=O)NC2CCN(C(=O)NC(C)C)CC2)c1. The quantitative estimate of drug-likeness (QED) is 0.879. The first-order valence-corrected chi connectivity index (χ1v) is 9.40. The Kier molecular flexibility index (Phi) is 5.64. The number of benzene rings is 1. The molecule has 7 heteroatoms. The van der Waals surface area contributed by atoms with Crippen molar-refractivity contribution in [3.05, 3.63) is 29.8 Å². The first-order chi connectivity index (χ1) is 10.8. The minimum Gasteiger partial charge on any atom is -0.336 e. The molecule has 1 aromatic carbocycles. The van der Waals surface area contributed by atoms with Crippen molar-refractivity contribution in [1.82, 2.24) is 14.9 Å². The van der Waals surface area contributed by atoms with Crippen LogP contribution >= 0.6 is 0 Å². The molecule has 23 heavy (non-hydrogen) atoms. The summed E-state index contributed by atoms with van der Waals surface area (Å²) < 4.78 is 27.6. The van der Waals surface area contributed by atoms with Gasteiger partial charge in [0, 0.05) is 25.2 Å². The Morgan fingerprint density at radius 3 is 2.48 bits per heavy atom. The van der Waals surface area contributed by atoms with E-state index >= 15 is 0 Å². The number of piperidine rings is 1. The molecule has 1 saturated heterocycles. The van der Waals surface area contributed by atoms with Crippen LogP contribution in [0.25, 0.3) is 0 Å². The maximum absolute atomic E-state index is 12.4. The number of likely N-dealkylation sites (tertiary alicyclic amines) is 1. The molecule has 0 aromatic heterocycles. The number of nitrogens with zero attached hydrogens (tertiary/aromatic N) is 1. The molecule has 1 fully saturated rings. The predicted octanol–water partition coefficient (Wildman–Crippen LogP) is 1.86. The van der Waals surface area contributed by atoms with E-state index in [-0.39, 0.29) is 23.0 Å². The van der Waals surface area contributed by atoms with Crippen molar-refractivity contribution in [2.45, 2.75) is 50.6 Å². The number of amides is 2. The normalized spacial score (nSPS) is 16.6. The third-order valence-electron chi connectivity index (χ3n) is 3.82. The van der Waals surface area contributed by atoms with Crippen molar-refractivity contribution in [3.63, 3.8) is 0 Å². The van der Waals surface area contributed by atoms with E-state index in [4.69, 9.17) is 0 Å². The molecule has 1 aromatic rings. The summed E-state index contributed by atoms with van der Waals surface area (Å²) in [5.74, 6) is 0. The third-order valence-corrected chi connectivity index (χ3v) is 5.33. The fourth-order valence-electron chi connectivity index (χ4n) is 2.61. The highest BCUT2D eigenvalue weighted by atomic mass is 32.2.